The van der Waals surface area contributed by atoms with Crippen LogP contribution in [0.15, 0.2) is 120 Å². The molecular formula is C32H22N2O3. The summed E-state index contributed by atoms with van der Waals surface area (Å²) >= 11 is 0. The Morgan fingerprint density at radius 1 is 0.622 bits per heavy atom. The molecule has 0 N–H and O–H groups in total. The van der Waals surface area contributed by atoms with Gasteiger partial charge in [0.2, 0.25) is 0 Å². The molecule has 0 unspecified atom stereocenters. The molecule has 0 fully saturated rings. The molecule has 178 valence electrons. The van der Waals surface area contributed by atoms with Gasteiger partial charge in [-0.15, -0.1) is 0 Å². The molecular weight excluding hydrogens is 460 g/mol. The van der Waals surface area contributed by atoms with Crippen LogP contribution in [0.5, 0.6) is 5.75 Å². The van der Waals surface area contributed by atoms with Crippen LogP contribution in [0.2, 0.25) is 0 Å². The second-order valence-electron chi connectivity index (χ2n) is 9.00. The minimum Gasteiger partial charge on any atom is -0.356 e. The summed E-state index contributed by atoms with van der Waals surface area (Å²) in [6, 6.07) is 37.4. The molecule has 37 heavy (non-hydrogen) atoms. The van der Waals surface area contributed by atoms with E-state index >= 15 is 0 Å². The van der Waals surface area contributed by atoms with E-state index in [2.05, 4.69) is 72.7 Å². The van der Waals surface area contributed by atoms with Crippen molar-refractivity contribution in [2.45, 2.75) is 6.92 Å². The quantitative estimate of drug-likeness (QED) is 0.189. The molecule has 0 heterocycles. The van der Waals surface area contributed by atoms with Gasteiger partial charge >= 0.3 is 0 Å². The second kappa shape index (κ2) is 9.21. The standard InChI is InChI=1S/C32H22N2O3/c1-21-7-6-8-22(19-21)23-13-18-28-26-9-2-4-11-29(26)32(30-12-5-3-10-27(30)31(28)20-23)33-37-25-16-14-24(15-17-25)34(35)36/h2-20H,1H3. The molecule has 0 spiro atoms. The summed E-state index contributed by atoms with van der Waals surface area (Å²) in [7, 11) is 0. The summed E-state index contributed by atoms with van der Waals surface area (Å²) < 4.78 is 0. The summed E-state index contributed by atoms with van der Waals surface area (Å²) in [5.74, 6) is 0.427. The fraction of sp³-hybridized carbons (Fsp3) is 0.0312. The lowest BCUT2D eigenvalue weighted by molar-refractivity contribution is -0.384. The Bertz CT molecular complexity index is 1890. The van der Waals surface area contributed by atoms with Crippen LogP contribution in [0.25, 0.3) is 43.4 Å². The minimum atomic E-state index is -0.435. The number of nitro benzene ring substituents is 1. The number of aryl methyl sites for hydroxylation is 1. The topological polar surface area (TPSA) is 64.7 Å². The Balaban J connectivity index is 1.65. The van der Waals surface area contributed by atoms with Crippen molar-refractivity contribution in [3.05, 3.63) is 136 Å². The molecule has 0 radical (unpaired) electrons. The number of rotatable bonds is 4. The number of nitrogens with zero attached hydrogens (tertiary/aromatic N) is 2. The first-order valence-corrected chi connectivity index (χ1v) is 12.0. The molecule has 0 saturated carbocycles. The molecule has 5 heteroatoms. The Kier molecular flexibility index (Phi) is 5.58. The van der Waals surface area contributed by atoms with Gasteiger partial charge in [-0.1, -0.05) is 95.6 Å². The maximum atomic E-state index is 11.0. The van der Waals surface area contributed by atoms with Crippen molar-refractivity contribution in [3.63, 3.8) is 0 Å². The summed E-state index contributed by atoms with van der Waals surface area (Å²) in [5, 5.41) is 22.6. The van der Waals surface area contributed by atoms with Gasteiger partial charge in [-0.05, 0) is 57.8 Å². The average Bonchev–Trinajstić information content (AvgIpc) is 3.05. The molecule has 6 rings (SSSR count). The zero-order valence-corrected chi connectivity index (χ0v) is 20.1. The van der Waals surface area contributed by atoms with E-state index < -0.39 is 4.92 Å². The summed E-state index contributed by atoms with van der Waals surface area (Å²) in [4.78, 5) is 16.4. The van der Waals surface area contributed by atoms with Crippen molar-refractivity contribution in [3.8, 4) is 16.9 Å². The Morgan fingerprint density at radius 2 is 1.22 bits per heavy atom. The van der Waals surface area contributed by atoms with Crippen molar-refractivity contribution in [2.24, 2.45) is 5.16 Å². The van der Waals surface area contributed by atoms with Gasteiger partial charge in [0.05, 0.1) is 4.92 Å². The highest BCUT2D eigenvalue weighted by Crippen LogP contribution is 2.32. The molecule has 6 aromatic rings. The van der Waals surface area contributed by atoms with E-state index in [-0.39, 0.29) is 5.69 Å². The highest BCUT2D eigenvalue weighted by atomic mass is 16.6. The predicted octanol–water partition coefficient (Wildman–Crippen LogP) is 7.92. The fourth-order valence-electron chi connectivity index (χ4n) is 4.83. The molecule has 0 aliphatic carbocycles. The molecule has 5 nitrogen and oxygen atoms in total. The van der Waals surface area contributed by atoms with E-state index in [0.717, 1.165) is 37.9 Å². The van der Waals surface area contributed by atoms with E-state index in [9.17, 15) is 10.1 Å². The minimum absolute atomic E-state index is 0.00465. The van der Waals surface area contributed by atoms with Gasteiger partial charge in [0.1, 0.15) is 5.36 Å². The highest BCUT2D eigenvalue weighted by molar-refractivity contribution is 6.17. The fourth-order valence-corrected chi connectivity index (χ4v) is 4.83. The lowest BCUT2D eigenvalue weighted by Gasteiger charge is -2.06. The van der Waals surface area contributed by atoms with Crippen molar-refractivity contribution in [1.82, 2.24) is 0 Å². The van der Waals surface area contributed by atoms with Crippen LogP contribution in [0.3, 0.4) is 0 Å². The molecule has 6 aromatic carbocycles. The van der Waals surface area contributed by atoms with Crippen molar-refractivity contribution in [1.29, 1.82) is 0 Å². The first kappa shape index (κ1) is 22.4. The monoisotopic (exact) mass is 482 g/mol. The van der Waals surface area contributed by atoms with Crippen molar-refractivity contribution in [2.75, 3.05) is 0 Å². The molecule has 0 atom stereocenters. The molecule has 0 aliphatic heterocycles. The maximum Gasteiger partial charge on any atom is 0.269 e. The Morgan fingerprint density at radius 3 is 1.86 bits per heavy atom. The molecule has 0 aliphatic rings. The molecule has 0 bridgehead atoms. The van der Waals surface area contributed by atoms with E-state index in [4.69, 9.17) is 4.84 Å². The molecule has 0 saturated heterocycles. The number of hydrogen-bond acceptors (Lipinski definition) is 4. The normalized spacial score (nSPS) is 11.8. The molecule has 0 amide bonds. The summed E-state index contributed by atoms with van der Waals surface area (Å²) in [6.07, 6.45) is 0. The van der Waals surface area contributed by atoms with E-state index in [1.54, 1.807) is 12.1 Å². The van der Waals surface area contributed by atoms with Crippen LogP contribution < -0.4 is 10.2 Å². The number of fused-ring (bicyclic) bond motifs is 5. The van der Waals surface area contributed by atoms with Crippen LogP contribution in [0.1, 0.15) is 5.56 Å². The SMILES string of the molecule is Cc1cccc(-c2ccc3c4ccccc4c(=NOc4ccc([N+](=O)[O-])cc4)c4ccccc4c3c2)c1. The van der Waals surface area contributed by atoms with Crippen LogP contribution in [0.4, 0.5) is 5.69 Å². The number of nitro groups is 1. The Hall–Kier alpha value is -5.03. The van der Waals surface area contributed by atoms with Crippen molar-refractivity contribution < 1.29 is 9.76 Å². The first-order valence-electron chi connectivity index (χ1n) is 12.0. The van der Waals surface area contributed by atoms with E-state index in [1.807, 2.05) is 30.3 Å². The second-order valence-corrected chi connectivity index (χ2v) is 9.00. The van der Waals surface area contributed by atoms with Crippen LogP contribution in [-0.4, -0.2) is 4.92 Å². The zero-order valence-electron chi connectivity index (χ0n) is 20.1. The van der Waals surface area contributed by atoms with E-state index in [0.29, 0.717) is 11.1 Å². The summed E-state index contributed by atoms with van der Waals surface area (Å²) in [5.41, 5.74) is 3.55. The van der Waals surface area contributed by atoms with Gasteiger partial charge in [0.25, 0.3) is 5.69 Å². The van der Waals surface area contributed by atoms with Gasteiger partial charge in [-0.25, -0.2) is 0 Å². The predicted molar refractivity (Wildman–Crippen MR) is 148 cm³/mol. The smallest absolute Gasteiger partial charge is 0.269 e. The van der Waals surface area contributed by atoms with Crippen LogP contribution >= 0.6 is 0 Å². The van der Waals surface area contributed by atoms with Gasteiger partial charge in [-0.3, -0.25) is 10.1 Å². The highest BCUT2D eigenvalue weighted by Gasteiger charge is 2.10. The third-order valence-electron chi connectivity index (χ3n) is 6.61. The summed E-state index contributed by atoms with van der Waals surface area (Å²) in [6.45, 7) is 2.10. The van der Waals surface area contributed by atoms with Gasteiger partial charge in [0.15, 0.2) is 5.75 Å². The van der Waals surface area contributed by atoms with Gasteiger partial charge < -0.3 is 4.84 Å². The Labute approximate surface area is 213 Å². The van der Waals surface area contributed by atoms with Crippen LogP contribution in [0, 0.1) is 17.0 Å². The third kappa shape index (κ3) is 4.17. The maximum absolute atomic E-state index is 11.0. The zero-order chi connectivity index (χ0) is 25.4. The van der Waals surface area contributed by atoms with Gasteiger partial charge in [-0.2, -0.15) is 0 Å². The molecule has 0 aromatic heterocycles. The van der Waals surface area contributed by atoms with Crippen molar-refractivity contribution >= 4 is 38.0 Å². The van der Waals surface area contributed by atoms with Gasteiger partial charge in [0, 0.05) is 22.9 Å². The number of benzene rings is 5. The van der Waals surface area contributed by atoms with Crippen LogP contribution in [-0.2, 0) is 0 Å². The van der Waals surface area contributed by atoms with E-state index in [1.165, 1.54) is 23.3 Å². The lowest BCUT2D eigenvalue weighted by Crippen LogP contribution is -2.05. The average molecular weight is 483 g/mol. The number of hydrogen-bond donors (Lipinski definition) is 0. The third-order valence-corrected chi connectivity index (χ3v) is 6.61. The lowest BCUT2D eigenvalue weighted by atomic mass is 9.98. The first-order chi connectivity index (χ1) is 18.1. The number of non-ortho nitro benzene ring substituents is 1. The largest absolute Gasteiger partial charge is 0.356 e.